The summed E-state index contributed by atoms with van der Waals surface area (Å²) in [6.45, 7) is 3.81. The SMILES string of the molecule is [2H][C@@]1(c2cccc(F)c2C)N=C(c2nccs2)NC(CN2CC(F)(F)[C@H]3[C@@H]2CON3C[C@H](O)C(C)(C)C(=O)O)=C1C(=O)OCC. The van der Waals surface area contributed by atoms with E-state index in [0.29, 0.717) is 5.01 Å². The number of nitrogens with one attached hydrogen (secondary N) is 1. The van der Waals surface area contributed by atoms with Crippen LogP contribution < -0.4 is 5.32 Å². The quantitative estimate of drug-likeness (QED) is 0.333. The second-order valence-corrected chi connectivity index (χ2v) is 12.3. The number of hydrogen-bond donors (Lipinski definition) is 3. The average Bonchev–Trinajstić information content (AvgIpc) is 3.69. The van der Waals surface area contributed by atoms with E-state index in [1.54, 1.807) is 12.3 Å². The largest absolute Gasteiger partial charge is 0.481 e. The smallest absolute Gasteiger partial charge is 0.338 e. The number of carbonyl (C=O) groups excluding carboxylic acids is 1. The van der Waals surface area contributed by atoms with E-state index in [2.05, 4.69) is 15.3 Å². The Morgan fingerprint density at radius 3 is 2.80 bits per heavy atom. The molecular formula is C29H34F3N5O6S. The molecule has 2 fully saturated rings. The fourth-order valence-corrected chi connectivity index (χ4v) is 6.06. The maximum atomic E-state index is 15.7. The summed E-state index contributed by atoms with van der Waals surface area (Å²) in [5, 5.41) is 26.1. The van der Waals surface area contributed by atoms with Crippen LogP contribution in [0.3, 0.4) is 0 Å². The fourth-order valence-electron chi connectivity index (χ4n) is 5.48. The molecule has 5 rings (SSSR count). The molecule has 1 aromatic heterocycles. The van der Waals surface area contributed by atoms with Gasteiger partial charge in [-0.25, -0.2) is 22.9 Å². The number of alkyl halides is 2. The highest BCUT2D eigenvalue weighted by atomic mass is 32.1. The number of halogens is 3. The third-order valence-corrected chi connectivity index (χ3v) is 8.95. The van der Waals surface area contributed by atoms with E-state index >= 15 is 8.78 Å². The Morgan fingerprint density at radius 2 is 2.14 bits per heavy atom. The average molecular weight is 639 g/mol. The number of hydroxylamine groups is 2. The van der Waals surface area contributed by atoms with Gasteiger partial charge in [-0.1, -0.05) is 12.1 Å². The van der Waals surface area contributed by atoms with Crippen molar-refractivity contribution < 1.29 is 43.9 Å². The van der Waals surface area contributed by atoms with E-state index in [9.17, 15) is 25.6 Å². The van der Waals surface area contributed by atoms with Crippen molar-refractivity contribution in [3.05, 3.63) is 63.0 Å². The topological polar surface area (TPSA) is 137 Å². The number of carbonyl (C=O) groups is 2. The molecule has 4 atom stereocenters. The first-order valence-electron chi connectivity index (χ1n) is 14.5. The molecule has 44 heavy (non-hydrogen) atoms. The number of carboxylic acids is 1. The Balaban J connectivity index is 1.55. The number of benzene rings is 1. The van der Waals surface area contributed by atoms with Crippen molar-refractivity contribution in [2.24, 2.45) is 10.4 Å². The first-order chi connectivity index (χ1) is 21.1. The fraction of sp³-hybridized carbons (Fsp3) is 0.517. The number of likely N-dealkylation sites (tertiary alicyclic amines) is 1. The summed E-state index contributed by atoms with van der Waals surface area (Å²) in [5.41, 5.74) is -1.73. The van der Waals surface area contributed by atoms with Gasteiger partial charge in [0.2, 0.25) is 0 Å². The Kier molecular flexibility index (Phi) is 8.50. The summed E-state index contributed by atoms with van der Waals surface area (Å²) < 4.78 is 61.0. The molecule has 0 spiro atoms. The highest BCUT2D eigenvalue weighted by molar-refractivity contribution is 7.11. The molecule has 0 amide bonds. The molecule has 3 aliphatic rings. The molecular weight excluding hydrogens is 603 g/mol. The highest BCUT2D eigenvalue weighted by Gasteiger charge is 2.61. The number of aliphatic hydroxyl groups excluding tert-OH is 1. The van der Waals surface area contributed by atoms with Crippen molar-refractivity contribution in [1.82, 2.24) is 20.3 Å². The summed E-state index contributed by atoms with van der Waals surface area (Å²) in [7, 11) is 0. The minimum Gasteiger partial charge on any atom is -0.481 e. The van der Waals surface area contributed by atoms with Crippen molar-refractivity contribution in [3.63, 3.8) is 0 Å². The molecule has 3 N–H and O–H groups in total. The number of esters is 1. The van der Waals surface area contributed by atoms with Crippen LogP contribution in [-0.2, 0) is 19.2 Å². The number of aliphatic carboxylic acids is 1. The standard InChI is InChI=1S/C29H34F3N5O6S/c1-5-42-26(39)21-18(34-24(25-33-9-10-44-25)35-22(21)16-7-6-8-17(30)15(16)2)11-36-14-29(31,32)23-19(36)13-43-37(23)12-20(38)28(3,4)27(40)41/h6-10,19-20,22-23,38H,5,11-14H2,1-4H3,(H,34,35)(H,40,41)/t19-,20-,22-,23+/m0/s1/i22D. The normalized spacial score (nSPS) is 26.5. The second kappa shape index (κ2) is 12.2. The van der Waals surface area contributed by atoms with E-state index in [1.807, 2.05) is 0 Å². The number of ether oxygens (including phenoxy) is 1. The van der Waals surface area contributed by atoms with E-state index in [1.165, 1.54) is 61.4 Å². The third kappa shape index (κ3) is 5.86. The van der Waals surface area contributed by atoms with Crippen LogP contribution in [-0.4, -0.2) is 99.9 Å². The summed E-state index contributed by atoms with van der Waals surface area (Å²) in [4.78, 5) is 40.9. The lowest BCUT2D eigenvalue weighted by atomic mass is 9.86. The summed E-state index contributed by atoms with van der Waals surface area (Å²) in [6, 6.07) is -0.611. The monoisotopic (exact) mass is 638 g/mol. The molecule has 0 unspecified atom stereocenters. The zero-order valence-electron chi connectivity index (χ0n) is 25.5. The summed E-state index contributed by atoms with van der Waals surface area (Å²) >= 11 is 1.20. The van der Waals surface area contributed by atoms with Gasteiger partial charge in [-0.3, -0.25) is 19.5 Å². The molecule has 1 aromatic carbocycles. The zero-order valence-corrected chi connectivity index (χ0v) is 25.3. The number of thiazole rings is 1. The zero-order chi connectivity index (χ0) is 32.9. The summed E-state index contributed by atoms with van der Waals surface area (Å²) in [5.74, 6) is -6.11. The molecule has 238 valence electrons. The van der Waals surface area contributed by atoms with Crippen LogP contribution in [0.15, 0.2) is 46.0 Å². The number of aliphatic hydroxyl groups is 1. The lowest BCUT2D eigenvalue weighted by Gasteiger charge is -2.32. The van der Waals surface area contributed by atoms with Gasteiger partial charge in [0.1, 0.15) is 17.9 Å². The number of carboxylic acid groups (broad SMARTS) is 1. The van der Waals surface area contributed by atoms with Crippen LogP contribution in [0.1, 0.15) is 44.3 Å². The van der Waals surface area contributed by atoms with Gasteiger partial charge in [0.05, 0.1) is 50.8 Å². The number of β-amino-alcohol motifs (C(OH)–C–C–N with tert-alkyl or cyclic N) is 1. The van der Waals surface area contributed by atoms with Gasteiger partial charge >= 0.3 is 11.9 Å². The molecule has 3 aliphatic heterocycles. The van der Waals surface area contributed by atoms with E-state index in [-0.39, 0.29) is 48.0 Å². The van der Waals surface area contributed by atoms with Gasteiger partial charge in [-0.15, -0.1) is 11.3 Å². The van der Waals surface area contributed by atoms with E-state index in [4.69, 9.17) is 9.57 Å². The highest BCUT2D eigenvalue weighted by Crippen LogP contribution is 2.42. The van der Waals surface area contributed by atoms with E-state index < -0.39 is 66.4 Å². The van der Waals surface area contributed by atoms with Gasteiger partial charge in [0, 0.05) is 23.8 Å². The Bertz CT molecular complexity index is 1540. The Hall–Kier alpha value is -3.37. The van der Waals surface area contributed by atoms with Crippen molar-refractivity contribution in [1.29, 1.82) is 0 Å². The van der Waals surface area contributed by atoms with Crippen LogP contribution in [0.25, 0.3) is 0 Å². The molecule has 0 bridgehead atoms. The minimum absolute atomic E-state index is 0.0502. The molecule has 2 aromatic rings. The van der Waals surface area contributed by atoms with Crippen LogP contribution in [0.2, 0.25) is 0 Å². The van der Waals surface area contributed by atoms with Gasteiger partial charge in [-0.2, -0.15) is 5.06 Å². The van der Waals surface area contributed by atoms with Crippen LogP contribution in [0.5, 0.6) is 0 Å². The Labute approximate surface area is 257 Å². The maximum Gasteiger partial charge on any atom is 0.338 e. The second-order valence-electron chi connectivity index (χ2n) is 11.4. The number of aromatic nitrogens is 1. The van der Waals surface area contributed by atoms with Gasteiger partial charge in [0.15, 0.2) is 10.8 Å². The molecule has 4 heterocycles. The van der Waals surface area contributed by atoms with Crippen LogP contribution in [0.4, 0.5) is 13.2 Å². The predicted molar refractivity (Wildman–Crippen MR) is 154 cm³/mol. The number of hydrogen-bond acceptors (Lipinski definition) is 11. The Morgan fingerprint density at radius 1 is 1.39 bits per heavy atom. The number of aliphatic imine (C=N–C) groups is 1. The molecule has 2 saturated heterocycles. The first-order valence-corrected chi connectivity index (χ1v) is 14.9. The van der Waals surface area contributed by atoms with Crippen LogP contribution in [0, 0.1) is 18.2 Å². The lowest BCUT2D eigenvalue weighted by Crippen LogP contribution is -2.51. The number of rotatable bonds is 10. The van der Waals surface area contributed by atoms with Crippen molar-refractivity contribution in [3.8, 4) is 0 Å². The van der Waals surface area contributed by atoms with Crippen LogP contribution >= 0.6 is 11.3 Å². The molecule has 0 saturated carbocycles. The van der Waals surface area contributed by atoms with Crippen molar-refractivity contribution >= 4 is 29.1 Å². The van der Waals surface area contributed by atoms with E-state index in [0.717, 1.165) is 5.06 Å². The third-order valence-electron chi connectivity index (χ3n) is 8.17. The van der Waals surface area contributed by atoms with Crippen molar-refractivity contribution in [2.75, 3.05) is 32.8 Å². The maximum absolute atomic E-state index is 15.7. The molecule has 15 heteroatoms. The van der Waals surface area contributed by atoms with Gasteiger partial charge in [-0.05, 0) is 44.9 Å². The number of nitrogens with zero attached hydrogens (tertiary/aromatic N) is 4. The first kappa shape index (κ1) is 30.6. The van der Waals surface area contributed by atoms with Crippen molar-refractivity contribution in [2.45, 2.75) is 57.8 Å². The van der Waals surface area contributed by atoms with Gasteiger partial charge in [0.25, 0.3) is 5.92 Å². The molecule has 0 aliphatic carbocycles. The van der Waals surface area contributed by atoms with Gasteiger partial charge < -0.3 is 20.3 Å². The number of fused-ring (bicyclic) bond motifs is 1. The molecule has 11 nitrogen and oxygen atoms in total. The summed E-state index contributed by atoms with van der Waals surface area (Å²) in [6.07, 6.45) is -0.00356. The molecule has 0 radical (unpaired) electrons. The lowest BCUT2D eigenvalue weighted by molar-refractivity contribution is -0.202. The number of amidine groups is 1. The predicted octanol–water partition coefficient (Wildman–Crippen LogP) is 2.91. The minimum atomic E-state index is -3.36.